The number of anilines is 1. The van der Waals surface area contributed by atoms with Crippen LogP contribution in [0.3, 0.4) is 0 Å². The molecule has 0 atom stereocenters. The van der Waals surface area contributed by atoms with E-state index in [4.69, 9.17) is 26.5 Å². The highest BCUT2D eigenvalue weighted by Crippen LogP contribution is 2.34. The fourth-order valence-electron chi connectivity index (χ4n) is 1.46. The number of nitrogens with two attached hydrogens (primary N) is 1. The molecule has 2 rings (SSSR count). The Morgan fingerprint density at radius 3 is 3.00 bits per heavy atom. The predicted molar refractivity (Wildman–Crippen MR) is 75.0 cm³/mol. The average Bonchev–Trinajstić information content (AvgIpc) is 2.75. The van der Waals surface area contributed by atoms with Crippen molar-refractivity contribution in [3.05, 3.63) is 33.4 Å². The van der Waals surface area contributed by atoms with E-state index in [0.717, 1.165) is 0 Å². The lowest BCUT2D eigenvalue weighted by molar-refractivity contribution is 0.0521. The summed E-state index contributed by atoms with van der Waals surface area (Å²) in [6, 6.07) is 5.27. The van der Waals surface area contributed by atoms with Crippen molar-refractivity contribution in [2.24, 2.45) is 0 Å². The van der Waals surface area contributed by atoms with Gasteiger partial charge in [-0.05, 0) is 35.0 Å². The number of aromatic nitrogens is 1. The maximum absolute atomic E-state index is 11.6. The van der Waals surface area contributed by atoms with E-state index in [1.807, 2.05) is 0 Å². The molecule has 1 heterocycles. The van der Waals surface area contributed by atoms with E-state index in [9.17, 15) is 4.79 Å². The molecule has 1 aromatic heterocycles. The summed E-state index contributed by atoms with van der Waals surface area (Å²) in [7, 11) is 0. The second-order valence-electron chi connectivity index (χ2n) is 3.55. The second kappa shape index (κ2) is 5.63. The van der Waals surface area contributed by atoms with Gasteiger partial charge in [0, 0.05) is 4.47 Å². The summed E-state index contributed by atoms with van der Waals surface area (Å²) in [5.41, 5.74) is 6.11. The largest absolute Gasteiger partial charge is 0.461 e. The van der Waals surface area contributed by atoms with Crippen LogP contribution in [-0.4, -0.2) is 17.6 Å². The highest BCUT2D eigenvalue weighted by Gasteiger charge is 2.21. The van der Waals surface area contributed by atoms with Crippen LogP contribution in [0.2, 0.25) is 5.02 Å². The van der Waals surface area contributed by atoms with Crippen molar-refractivity contribution in [3.63, 3.8) is 0 Å². The van der Waals surface area contributed by atoms with Gasteiger partial charge in [-0.1, -0.05) is 17.7 Å². The van der Waals surface area contributed by atoms with Gasteiger partial charge in [-0.25, -0.2) is 4.79 Å². The molecule has 0 aliphatic carbocycles. The number of nitrogen functional groups attached to an aromatic ring is 1. The van der Waals surface area contributed by atoms with Crippen molar-refractivity contribution in [2.45, 2.75) is 6.92 Å². The quantitative estimate of drug-likeness (QED) is 0.861. The normalized spacial score (nSPS) is 10.5. The van der Waals surface area contributed by atoms with Gasteiger partial charge in [-0.3, -0.25) is 0 Å². The van der Waals surface area contributed by atoms with Gasteiger partial charge in [0.15, 0.2) is 0 Å². The van der Waals surface area contributed by atoms with E-state index in [1.54, 1.807) is 25.1 Å². The summed E-state index contributed by atoms with van der Waals surface area (Å²) in [6.45, 7) is 1.93. The molecule has 0 aliphatic rings. The SMILES string of the molecule is CCOC(=O)c1nc(-c2cccc(Br)c2Cl)oc1N. The molecule has 2 N–H and O–H groups in total. The zero-order valence-electron chi connectivity index (χ0n) is 9.94. The molecule has 5 nitrogen and oxygen atoms in total. The van der Waals surface area contributed by atoms with Crippen LogP contribution >= 0.6 is 27.5 Å². The van der Waals surface area contributed by atoms with Gasteiger partial charge < -0.3 is 14.9 Å². The molecule has 0 spiro atoms. The van der Waals surface area contributed by atoms with Crippen LogP contribution in [0.4, 0.5) is 5.88 Å². The zero-order valence-corrected chi connectivity index (χ0v) is 12.3. The van der Waals surface area contributed by atoms with Gasteiger partial charge >= 0.3 is 5.97 Å². The number of esters is 1. The summed E-state index contributed by atoms with van der Waals surface area (Å²) in [4.78, 5) is 15.6. The Morgan fingerprint density at radius 2 is 2.32 bits per heavy atom. The molecular formula is C12H10BrClN2O3. The minimum Gasteiger partial charge on any atom is -0.461 e. The smallest absolute Gasteiger partial charge is 0.362 e. The maximum Gasteiger partial charge on any atom is 0.362 e. The molecule has 0 bridgehead atoms. The molecule has 0 radical (unpaired) electrons. The van der Waals surface area contributed by atoms with E-state index in [1.165, 1.54) is 0 Å². The van der Waals surface area contributed by atoms with Crippen LogP contribution in [0.5, 0.6) is 0 Å². The molecule has 0 amide bonds. The molecular weight excluding hydrogens is 336 g/mol. The Balaban J connectivity index is 2.45. The van der Waals surface area contributed by atoms with Crippen molar-refractivity contribution in [1.82, 2.24) is 4.98 Å². The minimum atomic E-state index is -0.624. The predicted octanol–water partition coefficient (Wildman–Crippen LogP) is 3.52. The van der Waals surface area contributed by atoms with Crippen LogP contribution in [0.1, 0.15) is 17.4 Å². The Hall–Kier alpha value is -1.53. The van der Waals surface area contributed by atoms with Crippen molar-refractivity contribution >= 4 is 39.4 Å². The van der Waals surface area contributed by atoms with E-state index >= 15 is 0 Å². The average molecular weight is 346 g/mol. The minimum absolute atomic E-state index is 0.0482. The molecule has 1 aromatic carbocycles. The highest BCUT2D eigenvalue weighted by atomic mass is 79.9. The lowest BCUT2D eigenvalue weighted by Crippen LogP contribution is -2.07. The molecule has 19 heavy (non-hydrogen) atoms. The van der Waals surface area contributed by atoms with Crippen LogP contribution in [0.25, 0.3) is 11.5 Å². The first kappa shape index (κ1) is 13.9. The molecule has 2 aromatic rings. The standard InChI is InChI=1S/C12H10BrClN2O3/c1-2-18-12(17)9-10(15)19-11(16-9)6-4-3-5-7(13)8(6)14/h3-5H,2,15H2,1H3. The van der Waals surface area contributed by atoms with E-state index in [2.05, 4.69) is 20.9 Å². The van der Waals surface area contributed by atoms with E-state index in [-0.39, 0.29) is 24.1 Å². The fraction of sp³-hybridized carbons (Fsp3) is 0.167. The molecule has 7 heteroatoms. The molecule has 0 saturated heterocycles. The summed E-state index contributed by atoms with van der Waals surface area (Å²) in [5, 5.41) is 0.430. The van der Waals surface area contributed by atoms with E-state index in [0.29, 0.717) is 15.1 Å². The molecule has 0 fully saturated rings. The molecule has 0 aliphatic heterocycles. The van der Waals surface area contributed by atoms with Gasteiger partial charge in [0.05, 0.1) is 17.2 Å². The summed E-state index contributed by atoms with van der Waals surface area (Å²) >= 11 is 9.42. The number of hydrogen-bond acceptors (Lipinski definition) is 5. The number of oxazole rings is 1. The fourth-order valence-corrected chi connectivity index (χ4v) is 2.03. The zero-order chi connectivity index (χ0) is 14.0. The lowest BCUT2D eigenvalue weighted by atomic mass is 10.2. The van der Waals surface area contributed by atoms with Crippen molar-refractivity contribution in [3.8, 4) is 11.5 Å². The number of carbonyl (C=O) groups is 1. The lowest BCUT2D eigenvalue weighted by Gasteiger charge is -2.00. The van der Waals surface area contributed by atoms with Crippen molar-refractivity contribution in [2.75, 3.05) is 12.3 Å². The number of benzene rings is 1. The molecule has 100 valence electrons. The first-order valence-electron chi connectivity index (χ1n) is 5.42. The first-order valence-corrected chi connectivity index (χ1v) is 6.59. The van der Waals surface area contributed by atoms with Gasteiger partial charge in [0.25, 0.3) is 0 Å². The molecule has 0 unspecified atom stereocenters. The topological polar surface area (TPSA) is 78.3 Å². The van der Waals surface area contributed by atoms with E-state index < -0.39 is 5.97 Å². The molecule has 0 saturated carbocycles. The van der Waals surface area contributed by atoms with Gasteiger partial charge in [-0.2, -0.15) is 4.98 Å². The first-order chi connectivity index (χ1) is 9.04. The monoisotopic (exact) mass is 344 g/mol. The third-order valence-electron chi connectivity index (χ3n) is 2.30. The highest BCUT2D eigenvalue weighted by molar-refractivity contribution is 9.10. The van der Waals surface area contributed by atoms with Gasteiger partial charge in [-0.15, -0.1) is 0 Å². The van der Waals surface area contributed by atoms with Crippen LogP contribution in [0.15, 0.2) is 27.1 Å². The summed E-state index contributed by atoms with van der Waals surface area (Å²) < 4.78 is 10.8. The third-order valence-corrected chi connectivity index (χ3v) is 3.60. The number of rotatable bonds is 3. The Bertz CT molecular complexity index is 627. The number of ether oxygens (including phenoxy) is 1. The summed E-state index contributed by atoms with van der Waals surface area (Å²) in [6.07, 6.45) is 0. The number of carbonyl (C=O) groups excluding carboxylic acids is 1. The number of hydrogen-bond donors (Lipinski definition) is 1. The number of nitrogens with zero attached hydrogens (tertiary/aromatic N) is 1. The Labute approximate surface area is 122 Å². The summed E-state index contributed by atoms with van der Waals surface area (Å²) in [5.74, 6) is -0.544. The van der Waals surface area contributed by atoms with Gasteiger partial charge in [0.1, 0.15) is 0 Å². The van der Waals surface area contributed by atoms with Crippen LogP contribution < -0.4 is 5.73 Å². The van der Waals surface area contributed by atoms with Crippen molar-refractivity contribution in [1.29, 1.82) is 0 Å². The second-order valence-corrected chi connectivity index (χ2v) is 4.79. The third kappa shape index (κ3) is 2.74. The Morgan fingerprint density at radius 1 is 1.58 bits per heavy atom. The number of halogens is 2. The Kier molecular flexibility index (Phi) is 4.11. The van der Waals surface area contributed by atoms with Gasteiger partial charge in [0.2, 0.25) is 17.5 Å². The van der Waals surface area contributed by atoms with Crippen LogP contribution in [0, 0.1) is 0 Å². The van der Waals surface area contributed by atoms with Crippen molar-refractivity contribution < 1.29 is 13.9 Å². The van der Waals surface area contributed by atoms with Crippen LogP contribution in [-0.2, 0) is 4.74 Å². The maximum atomic E-state index is 11.6.